The van der Waals surface area contributed by atoms with Crippen LogP contribution in [0.4, 0.5) is 0 Å². The summed E-state index contributed by atoms with van der Waals surface area (Å²) in [5.74, 6) is -1.51. The highest BCUT2D eigenvalue weighted by Gasteiger charge is 2.55. The molecule has 3 aliphatic heterocycles. The number of nitrogens with one attached hydrogen (secondary N) is 2. The third-order valence-corrected chi connectivity index (χ3v) is 8.67. The van der Waals surface area contributed by atoms with Crippen molar-refractivity contribution in [2.24, 2.45) is 0 Å². The summed E-state index contributed by atoms with van der Waals surface area (Å²) in [5.41, 5.74) is 0. The van der Waals surface area contributed by atoms with Crippen LogP contribution < -0.4 is 10.6 Å². The van der Waals surface area contributed by atoms with Crippen LogP contribution in [0.1, 0.15) is 13.8 Å². The van der Waals surface area contributed by atoms with Gasteiger partial charge >= 0.3 is 0 Å². The van der Waals surface area contributed by atoms with Crippen molar-refractivity contribution in [1.82, 2.24) is 10.6 Å². The van der Waals surface area contributed by atoms with E-state index in [0.29, 0.717) is 0 Å². The lowest BCUT2D eigenvalue weighted by Crippen LogP contribution is -2.70. The molecule has 15 N–H and O–H groups in total. The zero-order valence-electron chi connectivity index (χ0n) is 27.6. The first-order valence-electron chi connectivity index (χ1n) is 16.0. The average molecular weight is 751 g/mol. The van der Waals surface area contributed by atoms with Crippen LogP contribution in [0.15, 0.2) is 0 Å². The maximum atomic E-state index is 12.3. The third-order valence-electron chi connectivity index (χ3n) is 8.67. The highest BCUT2D eigenvalue weighted by atomic mass is 16.7. The van der Waals surface area contributed by atoms with E-state index < -0.39 is 161 Å². The van der Waals surface area contributed by atoms with Crippen LogP contribution in [0.5, 0.6) is 0 Å². The summed E-state index contributed by atoms with van der Waals surface area (Å²) in [5, 5.41) is 139. The Balaban J connectivity index is 1.97. The fourth-order valence-corrected chi connectivity index (χ4v) is 5.94. The first kappa shape index (κ1) is 43.6. The van der Waals surface area contributed by atoms with Crippen molar-refractivity contribution < 1.29 is 104 Å². The van der Waals surface area contributed by atoms with E-state index in [1.807, 2.05) is 0 Å². The molecular weight excluding hydrogens is 700 g/mol. The van der Waals surface area contributed by atoms with E-state index in [4.69, 9.17) is 28.4 Å². The number of hydrogen-bond acceptors (Lipinski definition) is 21. The number of rotatable bonds is 16. The lowest BCUT2D eigenvalue weighted by Gasteiger charge is -2.49. The van der Waals surface area contributed by atoms with Gasteiger partial charge in [0.15, 0.2) is 18.9 Å². The SMILES string of the molecule is CC(=O)NC(CO)C(OC1OC(CO)C(O)C(OC2OC(CO)C(O)C(OC3OC(CO)C(O)C(O)C3O)C2NC(C)=O)C1O)C(O)C(O)CO. The van der Waals surface area contributed by atoms with Gasteiger partial charge in [0.2, 0.25) is 11.8 Å². The van der Waals surface area contributed by atoms with Gasteiger partial charge in [-0.3, -0.25) is 9.59 Å². The van der Waals surface area contributed by atoms with E-state index >= 15 is 0 Å². The number of carbonyl (C=O) groups is 2. The second kappa shape index (κ2) is 19.5. The van der Waals surface area contributed by atoms with E-state index in [1.54, 1.807) is 0 Å². The lowest BCUT2D eigenvalue weighted by molar-refractivity contribution is -0.370. The van der Waals surface area contributed by atoms with Crippen LogP contribution in [0, 0.1) is 0 Å². The van der Waals surface area contributed by atoms with Gasteiger partial charge in [0.1, 0.15) is 91.5 Å². The van der Waals surface area contributed by atoms with E-state index in [2.05, 4.69) is 10.6 Å². The fraction of sp³-hybridized carbons (Fsp3) is 0.929. The Kier molecular flexibility index (Phi) is 16.7. The van der Waals surface area contributed by atoms with Crippen molar-refractivity contribution in [3.63, 3.8) is 0 Å². The van der Waals surface area contributed by atoms with E-state index in [9.17, 15) is 76.0 Å². The molecule has 0 bridgehead atoms. The Labute approximate surface area is 290 Å². The molecule has 3 aliphatic rings. The second-order valence-electron chi connectivity index (χ2n) is 12.4. The Hall–Kier alpha value is -1.82. The molecule has 0 aromatic carbocycles. The van der Waals surface area contributed by atoms with Crippen molar-refractivity contribution in [2.75, 3.05) is 33.0 Å². The molecule has 51 heavy (non-hydrogen) atoms. The fourth-order valence-electron chi connectivity index (χ4n) is 5.94. The summed E-state index contributed by atoms with van der Waals surface area (Å²) in [7, 11) is 0. The Morgan fingerprint density at radius 2 is 1.14 bits per heavy atom. The van der Waals surface area contributed by atoms with Crippen LogP contribution in [0.3, 0.4) is 0 Å². The second-order valence-corrected chi connectivity index (χ2v) is 12.4. The molecule has 23 heteroatoms. The molecule has 0 aromatic heterocycles. The maximum Gasteiger partial charge on any atom is 0.217 e. The van der Waals surface area contributed by atoms with Crippen molar-refractivity contribution in [2.45, 2.75) is 130 Å². The van der Waals surface area contributed by atoms with Gasteiger partial charge in [-0.25, -0.2) is 0 Å². The smallest absolute Gasteiger partial charge is 0.217 e. The molecule has 19 atom stereocenters. The Morgan fingerprint density at radius 3 is 1.65 bits per heavy atom. The summed E-state index contributed by atoms with van der Waals surface area (Å²) in [6.07, 6.45) is -31.4. The summed E-state index contributed by atoms with van der Waals surface area (Å²) >= 11 is 0. The van der Waals surface area contributed by atoms with Gasteiger partial charge in [-0.2, -0.15) is 0 Å². The largest absolute Gasteiger partial charge is 0.394 e. The topological polar surface area (TPSA) is 377 Å². The average Bonchev–Trinajstić information content (AvgIpc) is 3.10. The summed E-state index contributed by atoms with van der Waals surface area (Å²) in [6.45, 7) is -2.52. The molecule has 0 spiro atoms. The maximum absolute atomic E-state index is 12.3. The molecule has 3 fully saturated rings. The minimum Gasteiger partial charge on any atom is -0.394 e. The highest BCUT2D eigenvalue weighted by molar-refractivity contribution is 5.73. The molecule has 19 unspecified atom stereocenters. The van der Waals surface area contributed by atoms with Crippen LogP contribution in [0.25, 0.3) is 0 Å². The van der Waals surface area contributed by atoms with Gasteiger partial charge in [0, 0.05) is 13.8 Å². The molecule has 2 amide bonds. The normalized spacial score (nSPS) is 41.3. The quantitative estimate of drug-likeness (QED) is 0.0696. The first-order chi connectivity index (χ1) is 24.0. The van der Waals surface area contributed by atoms with Crippen LogP contribution in [-0.2, 0) is 38.0 Å². The van der Waals surface area contributed by atoms with Gasteiger partial charge in [-0.15, -0.1) is 0 Å². The van der Waals surface area contributed by atoms with E-state index in [-0.39, 0.29) is 0 Å². The van der Waals surface area contributed by atoms with Gasteiger partial charge in [0.25, 0.3) is 0 Å². The summed E-state index contributed by atoms with van der Waals surface area (Å²) in [4.78, 5) is 24.1. The highest BCUT2D eigenvalue weighted by Crippen LogP contribution is 2.33. The number of amides is 2. The Morgan fingerprint density at radius 1 is 0.627 bits per heavy atom. The minimum absolute atomic E-state index is 0.720. The first-order valence-corrected chi connectivity index (χ1v) is 16.0. The van der Waals surface area contributed by atoms with Crippen LogP contribution >= 0.6 is 0 Å². The van der Waals surface area contributed by atoms with Crippen LogP contribution in [-0.4, -0.2) is 228 Å². The van der Waals surface area contributed by atoms with E-state index in [1.165, 1.54) is 0 Å². The Bertz CT molecular complexity index is 1090. The minimum atomic E-state index is -2.12. The van der Waals surface area contributed by atoms with Crippen molar-refractivity contribution in [3.8, 4) is 0 Å². The summed E-state index contributed by atoms with van der Waals surface area (Å²) < 4.78 is 33.8. The molecule has 3 heterocycles. The molecule has 298 valence electrons. The molecule has 0 aromatic rings. The van der Waals surface area contributed by atoms with Crippen molar-refractivity contribution >= 4 is 11.8 Å². The monoisotopic (exact) mass is 750 g/mol. The lowest BCUT2D eigenvalue weighted by atomic mass is 9.94. The molecule has 0 radical (unpaired) electrons. The molecule has 3 saturated heterocycles. The summed E-state index contributed by atoms with van der Waals surface area (Å²) in [6, 6.07) is -3.12. The molecule has 0 saturated carbocycles. The van der Waals surface area contributed by atoms with Crippen molar-refractivity contribution in [3.05, 3.63) is 0 Å². The predicted molar refractivity (Wildman–Crippen MR) is 159 cm³/mol. The zero-order chi connectivity index (χ0) is 38.3. The molecule has 23 nitrogen and oxygen atoms in total. The number of aliphatic hydroxyl groups excluding tert-OH is 13. The van der Waals surface area contributed by atoms with Gasteiger partial charge in [-0.05, 0) is 0 Å². The predicted octanol–water partition coefficient (Wildman–Crippen LogP) is -9.83. The molecule has 0 aliphatic carbocycles. The standard InChI is InChI=1S/C28H50N2O21/c1-8(36)29-10(3-31)23(16(39)11(38)4-32)49-28-22(45)25(19(42)14(7-35)48-28)51-26-15(30-9(2)37)24(18(41)13(6-34)46-26)50-27-21(44)20(43)17(40)12(5-33)47-27/h10-28,31-35,38-45H,3-7H2,1-2H3,(H,29,36)(H,30,37). The van der Waals surface area contributed by atoms with Gasteiger partial charge in [0.05, 0.1) is 39.1 Å². The number of carbonyl (C=O) groups excluding carboxylic acids is 2. The molecule has 3 rings (SSSR count). The van der Waals surface area contributed by atoms with Crippen LogP contribution in [0.2, 0.25) is 0 Å². The van der Waals surface area contributed by atoms with Crippen molar-refractivity contribution in [1.29, 1.82) is 0 Å². The third kappa shape index (κ3) is 10.2. The van der Waals surface area contributed by atoms with Gasteiger partial charge in [-0.1, -0.05) is 0 Å². The zero-order valence-corrected chi connectivity index (χ0v) is 27.6. The van der Waals surface area contributed by atoms with Gasteiger partial charge < -0.3 is 105 Å². The molecular formula is C28H50N2O21. The number of ether oxygens (including phenoxy) is 6. The number of hydrogen-bond donors (Lipinski definition) is 15. The van der Waals surface area contributed by atoms with E-state index in [0.717, 1.165) is 13.8 Å². The number of aliphatic hydroxyl groups is 13.